The number of carbonyl (C=O) groups excluding carboxylic acids is 1. The van der Waals surface area contributed by atoms with Crippen molar-refractivity contribution in [3.8, 4) is 5.75 Å². The van der Waals surface area contributed by atoms with Gasteiger partial charge in [-0.2, -0.15) is 5.10 Å². The largest absolute Gasteiger partial charge is 0.494 e. The molecule has 1 aliphatic heterocycles. The second kappa shape index (κ2) is 8.50. The third kappa shape index (κ3) is 4.17. The first kappa shape index (κ1) is 19.2. The highest BCUT2D eigenvalue weighted by Gasteiger charge is 2.33. The van der Waals surface area contributed by atoms with Crippen molar-refractivity contribution in [3.05, 3.63) is 101 Å². The molecular formula is C24H21ClN2O2. The molecule has 4 nitrogen and oxygen atoms in total. The predicted octanol–water partition coefficient (Wildman–Crippen LogP) is 5.73. The molecule has 0 saturated carbocycles. The van der Waals surface area contributed by atoms with Crippen LogP contribution in [0.2, 0.25) is 5.02 Å². The van der Waals surface area contributed by atoms with E-state index >= 15 is 0 Å². The van der Waals surface area contributed by atoms with Gasteiger partial charge in [0.25, 0.3) is 5.91 Å². The molecule has 5 heteroatoms. The molecule has 0 fully saturated rings. The Hall–Kier alpha value is -3.11. The van der Waals surface area contributed by atoms with Crippen LogP contribution in [0, 0.1) is 0 Å². The number of halogens is 1. The van der Waals surface area contributed by atoms with Crippen LogP contribution in [0.3, 0.4) is 0 Å². The Bertz CT molecular complexity index is 1020. The van der Waals surface area contributed by atoms with E-state index < -0.39 is 0 Å². The van der Waals surface area contributed by atoms with Gasteiger partial charge in [-0.25, -0.2) is 5.01 Å². The van der Waals surface area contributed by atoms with Gasteiger partial charge in [-0.3, -0.25) is 4.79 Å². The van der Waals surface area contributed by atoms with Crippen molar-refractivity contribution in [2.24, 2.45) is 5.10 Å². The summed E-state index contributed by atoms with van der Waals surface area (Å²) in [6, 6.07) is 24.6. The quantitative estimate of drug-likeness (QED) is 0.544. The molecule has 4 rings (SSSR count). The second-order valence-corrected chi connectivity index (χ2v) is 7.23. The van der Waals surface area contributed by atoms with Gasteiger partial charge >= 0.3 is 0 Å². The van der Waals surface area contributed by atoms with Gasteiger partial charge in [0.05, 0.1) is 18.4 Å². The number of carbonyl (C=O) groups is 1. The smallest absolute Gasteiger partial charge is 0.274 e. The lowest BCUT2D eigenvalue weighted by Gasteiger charge is -2.22. The lowest BCUT2D eigenvalue weighted by molar-refractivity contribution is 0.0711. The summed E-state index contributed by atoms with van der Waals surface area (Å²) in [5, 5.41) is 6.90. The SMILES string of the molecule is CCOc1ccc(C2=NN(C(=O)c3ccc(Cl)cc3)[C@@H](c3ccccc3)C2)cc1. The molecule has 3 aromatic rings. The molecule has 0 aliphatic carbocycles. The van der Waals surface area contributed by atoms with Crippen molar-refractivity contribution in [2.75, 3.05) is 6.61 Å². The second-order valence-electron chi connectivity index (χ2n) is 6.79. The third-order valence-corrected chi connectivity index (χ3v) is 5.14. The molecule has 0 radical (unpaired) electrons. The van der Waals surface area contributed by atoms with Gasteiger partial charge in [0.1, 0.15) is 5.75 Å². The van der Waals surface area contributed by atoms with Crippen LogP contribution in [-0.2, 0) is 0 Å². The van der Waals surface area contributed by atoms with Crippen molar-refractivity contribution in [1.82, 2.24) is 5.01 Å². The van der Waals surface area contributed by atoms with Crippen molar-refractivity contribution in [2.45, 2.75) is 19.4 Å². The fourth-order valence-corrected chi connectivity index (χ4v) is 3.57. The average Bonchev–Trinajstić information content (AvgIpc) is 3.21. The summed E-state index contributed by atoms with van der Waals surface area (Å²) in [6.07, 6.45) is 0.650. The summed E-state index contributed by atoms with van der Waals surface area (Å²) in [7, 11) is 0. The van der Waals surface area contributed by atoms with E-state index in [1.165, 1.54) is 0 Å². The van der Waals surface area contributed by atoms with Gasteiger partial charge in [-0.05, 0) is 66.6 Å². The summed E-state index contributed by atoms with van der Waals surface area (Å²) in [6.45, 7) is 2.58. The Morgan fingerprint density at radius 2 is 1.72 bits per heavy atom. The lowest BCUT2D eigenvalue weighted by Crippen LogP contribution is -2.27. The number of amides is 1. The minimum atomic E-state index is -0.152. The van der Waals surface area contributed by atoms with Gasteiger partial charge in [0, 0.05) is 17.0 Å². The topological polar surface area (TPSA) is 41.9 Å². The van der Waals surface area contributed by atoms with E-state index in [2.05, 4.69) is 0 Å². The van der Waals surface area contributed by atoms with Crippen LogP contribution in [0.4, 0.5) is 0 Å². The Morgan fingerprint density at radius 1 is 1.03 bits per heavy atom. The first-order valence-electron chi connectivity index (χ1n) is 9.60. The fraction of sp³-hybridized carbons (Fsp3) is 0.167. The Kier molecular flexibility index (Phi) is 5.63. The maximum atomic E-state index is 13.2. The van der Waals surface area contributed by atoms with Crippen LogP contribution in [0.15, 0.2) is 84.0 Å². The minimum absolute atomic E-state index is 0.142. The number of hydrogen-bond acceptors (Lipinski definition) is 3. The van der Waals surface area contributed by atoms with Gasteiger partial charge in [-0.15, -0.1) is 0 Å². The summed E-state index contributed by atoms with van der Waals surface area (Å²) in [5.74, 6) is 0.681. The third-order valence-electron chi connectivity index (χ3n) is 4.89. The number of nitrogens with zero attached hydrogens (tertiary/aromatic N) is 2. The van der Waals surface area contributed by atoms with Crippen molar-refractivity contribution >= 4 is 23.2 Å². The number of hydrazone groups is 1. The van der Waals surface area contributed by atoms with Gasteiger partial charge < -0.3 is 4.74 Å². The van der Waals surface area contributed by atoms with Crippen LogP contribution >= 0.6 is 11.6 Å². The average molecular weight is 405 g/mol. The highest BCUT2D eigenvalue weighted by molar-refractivity contribution is 6.30. The molecule has 0 saturated heterocycles. The van der Waals surface area contributed by atoms with E-state index in [4.69, 9.17) is 21.4 Å². The zero-order valence-electron chi connectivity index (χ0n) is 16.1. The Labute approximate surface area is 175 Å². The van der Waals surface area contributed by atoms with Crippen LogP contribution < -0.4 is 4.74 Å². The molecular weight excluding hydrogens is 384 g/mol. The summed E-state index contributed by atoms with van der Waals surface area (Å²) in [5.41, 5.74) is 3.48. The van der Waals surface area contributed by atoms with E-state index in [1.807, 2.05) is 61.5 Å². The number of rotatable bonds is 5. The molecule has 1 heterocycles. The van der Waals surface area contributed by atoms with Crippen LogP contribution in [0.5, 0.6) is 5.75 Å². The first-order chi connectivity index (χ1) is 14.2. The summed E-state index contributed by atoms with van der Waals surface area (Å²) >= 11 is 5.98. The number of hydrogen-bond donors (Lipinski definition) is 0. The van der Waals surface area contributed by atoms with Crippen molar-refractivity contribution in [1.29, 1.82) is 0 Å². The molecule has 146 valence electrons. The molecule has 1 amide bonds. The molecule has 1 atom stereocenters. The highest BCUT2D eigenvalue weighted by atomic mass is 35.5. The van der Waals surface area contributed by atoms with Gasteiger partial charge in [-0.1, -0.05) is 41.9 Å². The normalized spacial score (nSPS) is 15.9. The van der Waals surface area contributed by atoms with E-state index in [1.54, 1.807) is 29.3 Å². The predicted molar refractivity (Wildman–Crippen MR) is 116 cm³/mol. The zero-order chi connectivity index (χ0) is 20.2. The molecule has 0 aromatic heterocycles. The van der Waals surface area contributed by atoms with Crippen molar-refractivity contribution in [3.63, 3.8) is 0 Å². The first-order valence-corrected chi connectivity index (χ1v) is 9.98. The molecule has 29 heavy (non-hydrogen) atoms. The van der Waals surface area contributed by atoms with Crippen molar-refractivity contribution < 1.29 is 9.53 Å². The maximum absolute atomic E-state index is 13.2. The van der Waals surface area contributed by atoms with Crippen LogP contribution in [-0.4, -0.2) is 23.2 Å². The van der Waals surface area contributed by atoms with Crippen LogP contribution in [0.1, 0.15) is 40.9 Å². The molecule has 3 aromatic carbocycles. The molecule has 0 unspecified atom stereocenters. The Morgan fingerprint density at radius 3 is 2.38 bits per heavy atom. The zero-order valence-corrected chi connectivity index (χ0v) is 16.8. The van der Waals surface area contributed by atoms with E-state index in [0.29, 0.717) is 23.6 Å². The Balaban J connectivity index is 1.67. The highest BCUT2D eigenvalue weighted by Crippen LogP contribution is 2.34. The number of ether oxygens (including phenoxy) is 1. The van der Waals surface area contributed by atoms with E-state index in [-0.39, 0.29) is 11.9 Å². The molecule has 0 bridgehead atoms. The molecule has 0 N–H and O–H groups in total. The number of benzene rings is 3. The maximum Gasteiger partial charge on any atom is 0.274 e. The molecule has 1 aliphatic rings. The molecule has 0 spiro atoms. The van der Waals surface area contributed by atoms with E-state index in [0.717, 1.165) is 22.6 Å². The monoisotopic (exact) mass is 404 g/mol. The standard InChI is InChI=1S/C24H21ClN2O2/c1-2-29-21-14-10-17(11-15-21)22-16-23(18-6-4-3-5-7-18)27(26-22)24(28)19-8-12-20(25)13-9-19/h3-15,23H,2,16H2,1H3/t23-/m1/s1. The summed E-state index contributed by atoms with van der Waals surface area (Å²) < 4.78 is 5.53. The fourth-order valence-electron chi connectivity index (χ4n) is 3.44. The minimum Gasteiger partial charge on any atom is -0.494 e. The van der Waals surface area contributed by atoms with Crippen LogP contribution in [0.25, 0.3) is 0 Å². The summed E-state index contributed by atoms with van der Waals surface area (Å²) in [4.78, 5) is 13.2. The lowest BCUT2D eigenvalue weighted by atomic mass is 9.98. The van der Waals surface area contributed by atoms with Gasteiger partial charge in [0.15, 0.2) is 0 Å². The van der Waals surface area contributed by atoms with E-state index in [9.17, 15) is 4.79 Å². The van der Waals surface area contributed by atoms with Gasteiger partial charge in [0.2, 0.25) is 0 Å².